The highest BCUT2D eigenvalue weighted by molar-refractivity contribution is 6.01. The van der Waals surface area contributed by atoms with Crippen molar-refractivity contribution in [3.8, 4) is 0 Å². The predicted molar refractivity (Wildman–Crippen MR) is 141 cm³/mol. The van der Waals surface area contributed by atoms with E-state index in [9.17, 15) is 35.9 Å². The van der Waals surface area contributed by atoms with E-state index < -0.39 is 52.8 Å². The van der Waals surface area contributed by atoms with Crippen molar-refractivity contribution in [2.75, 3.05) is 44.6 Å². The van der Waals surface area contributed by atoms with Crippen LogP contribution >= 0.6 is 0 Å². The lowest BCUT2D eigenvalue weighted by molar-refractivity contribution is -0.143. The van der Waals surface area contributed by atoms with Crippen molar-refractivity contribution in [1.82, 2.24) is 4.90 Å². The second-order valence-electron chi connectivity index (χ2n) is 10.1. The molecule has 1 N–H and O–H groups in total. The molecule has 2 aromatic carbocycles. The number of aryl methyl sites for hydroxylation is 2. The number of alkyl halides is 6. The van der Waals surface area contributed by atoms with Crippen LogP contribution in [0.4, 0.5) is 37.7 Å². The van der Waals surface area contributed by atoms with Gasteiger partial charge in [-0.2, -0.15) is 26.3 Å². The fourth-order valence-electron chi connectivity index (χ4n) is 4.51. The van der Waals surface area contributed by atoms with Crippen LogP contribution in [0, 0.1) is 25.7 Å². The number of hydrogen-bond acceptors (Lipinski definition) is 4. The van der Waals surface area contributed by atoms with Crippen LogP contribution in [0.15, 0.2) is 36.4 Å². The molecule has 12 heteroatoms. The third kappa shape index (κ3) is 8.20. The van der Waals surface area contributed by atoms with Crippen LogP contribution in [0.3, 0.4) is 0 Å². The maximum Gasteiger partial charge on any atom is 0.416 e. The van der Waals surface area contributed by atoms with Gasteiger partial charge in [0.1, 0.15) is 0 Å². The van der Waals surface area contributed by atoms with Gasteiger partial charge in [-0.1, -0.05) is 25.1 Å². The molecule has 0 fully saturated rings. The molecule has 0 aliphatic carbocycles. The molecule has 0 aromatic heterocycles. The van der Waals surface area contributed by atoms with Gasteiger partial charge < -0.3 is 19.9 Å². The van der Waals surface area contributed by atoms with E-state index in [0.717, 1.165) is 11.1 Å². The van der Waals surface area contributed by atoms with Gasteiger partial charge in [0.25, 0.3) is 0 Å². The fourth-order valence-corrected chi connectivity index (χ4v) is 4.51. The second kappa shape index (κ2) is 13.0. The fraction of sp³-hybridized carbons (Fsp3) is 0.500. The van der Waals surface area contributed by atoms with E-state index in [4.69, 9.17) is 4.74 Å². The molecule has 0 saturated heterocycles. The molecule has 3 unspecified atom stereocenters. The number of nitrogens with zero attached hydrogens (tertiary/aromatic N) is 2. The van der Waals surface area contributed by atoms with Gasteiger partial charge in [0.2, 0.25) is 11.8 Å². The number of amides is 2. The average molecular weight is 576 g/mol. The number of benzene rings is 2. The van der Waals surface area contributed by atoms with E-state index in [2.05, 4.69) is 5.32 Å². The SMILES string of the molecule is COCC(C)N(C)CC(C(=O)Nc1cc(C(F)(F)F)cc(C(F)(F)F)c1)C(C)C(=O)N(C)c1c(C)cccc1C. The Morgan fingerprint density at radius 2 is 1.43 bits per heavy atom. The summed E-state index contributed by atoms with van der Waals surface area (Å²) in [6.07, 6.45) is -10.2. The van der Waals surface area contributed by atoms with Gasteiger partial charge in [0.05, 0.1) is 23.7 Å². The minimum atomic E-state index is -5.08. The number of methoxy groups -OCH3 is 1. The molecule has 0 spiro atoms. The first kappa shape index (κ1) is 33.1. The van der Waals surface area contributed by atoms with Gasteiger partial charge in [0, 0.05) is 44.0 Å². The third-order valence-corrected chi connectivity index (χ3v) is 6.94. The Hall–Kier alpha value is -3.12. The van der Waals surface area contributed by atoms with Crippen LogP contribution in [-0.2, 0) is 26.7 Å². The molecule has 0 heterocycles. The molecule has 40 heavy (non-hydrogen) atoms. The lowest BCUT2D eigenvalue weighted by Crippen LogP contribution is -2.46. The highest BCUT2D eigenvalue weighted by Gasteiger charge is 2.38. The standard InChI is InChI=1S/C28H35F6N3O3/c1-16-9-8-10-17(2)24(16)37(6)26(39)19(4)23(14-36(5)18(3)15-40-7)25(38)35-22-12-20(27(29,30)31)11-21(13-22)28(32,33)34/h8-13,18-19,23H,14-15H2,1-7H3,(H,35,38). The van der Waals surface area contributed by atoms with Gasteiger partial charge in [-0.05, 0) is 57.1 Å². The average Bonchev–Trinajstić information content (AvgIpc) is 2.84. The number of carbonyl (C=O) groups is 2. The Bertz CT molecular complexity index is 1150. The molecule has 222 valence electrons. The lowest BCUT2D eigenvalue weighted by Gasteiger charge is -2.33. The minimum absolute atomic E-state index is 0.0149. The second-order valence-corrected chi connectivity index (χ2v) is 10.1. The third-order valence-electron chi connectivity index (χ3n) is 6.94. The lowest BCUT2D eigenvalue weighted by atomic mass is 9.90. The van der Waals surface area contributed by atoms with E-state index in [1.54, 1.807) is 19.0 Å². The van der Waals surface area contributed by atoms with Crippen molar-refractivity contribution in [2.45, 2.75) is 46.1 Å². The highest BCUT2D eigenvalue weighted by atomic mass is 19.4. The van der Waals surface area contributed by atoms with Crippen molar-refractivity contribution in [3.63, 3.8) is 0 Å². The quantitative estimate of drug-likeness (QED) is 0.345. The Kier molecular flexibility index (Phi) is 10.8. The van der Waals surface area contributed by atoms with Crippen molar-refractivity contribution in [1.29, 1.82) is 0 Å². The van der Waals surface area contributed by atoms with Gasteiger partial charge in [-0.15, -0.1) is 0 Å². The van der Waals surface area contributed by atoms with Crippen LogP contribution in [0.25, 0.3) is 0 Å². The van der Waals surface area contributed by atoms with Crippen LogP contribution < -0.4 is 10.2 Å². The normalized spacial score (nSPS) is 14.6. The molecule has 0 bridgehead atoms. The smallest absolute Gasteiger partial charge is 0.383 e. The summed E-state index contributed by atoms with van der Waals surface area (Å²) in [4.78, 5) is 30.2. The van der Waals surface area contributed by atoms with Gasteiger partial charge in [-0.25, -0.2) is 0 Å². The molecule has 2 rings (SSSR count). The van der Waals surface area contributed by atoms with E-state index in [1.165, 1.54) is 18.9 Å². The van der Waals surface area contributed by atoms with Crippen LogP contribution in [0.1, 0.15) is 36.1 Å². The molecule has 6 nitrogen and oxygen atoms in total. The summed E-state index contributed by atoms with van der Waals surface area (Å²) in [5, 5.41) is 2.21. The zero-order valence-corrected chi connectivity index (χ0v) is 23.5. The number of para-hydroxylation sites is 1. The van der Waals surface area contributed by atoms with Crippen molar-refractivity contribution >= 4 is 23.2 Å². The number of rotatable bonds is 10. The van der Waals surface area contributed by atoms with E-state index in [-0.39, 0.29) is 25.3 Å². The molecule has 2 amide bonds. The number of hydrogen-bond donors (Lipinski definition) is 1. The van der Waals surface area contributed by atoms with E-state index in [0.29, 0.717) is 17.8 Å². The summed E-state index contributed by atoms with van der Waals surface area (Å²) in [6, 6.07) is 6.15. The first-order chi connectivity index (χ1) is 18.4. The molecule has 0 aliphatic heterocycles. The van der Waals surface area contributed by atoms with Crippen LogP contribution in [0.2, 0.25) is 0 Å². The number of nitrogens with one attached hydrogen (secondary N) is 1. The summed E-state index contributed by atoms with van der Waals surface area (Å²) >= 11 is 0. The molecule has 3 atom stereocenters. The highest BCUT2D eigenvalue weighted by Crippen LogP contribution is 2.38. The molecule has 0 radical (unpaired) electrons. The zero-order valence-electron chi connectivity index (χ0n) is 23.5. The zero-order chi connectivity index (χ0) is 30.6. The number of ether oxygens (including phenoxy) is 1. The molecule has 2 aromatic rings. The van der Waals surface area contributed by atoms with Crippen LogP contribution in [0.5, 0.6) is 0 Å². The largest absolute Gasteiger partial charge is 0.416 e. The number of likely N-dealkylation sites (N-methyl/N-ethyl adjacent to an activating group) is 1. The van der Waals surface area contributed by atoms with E-state index >= 15 is 0 Å². The number of carbonyl (C=O) groups excluding carboxylic acids is 2. The van der Waals surface area contributed by atoms with Crippen molar-refractivity contribution in [3.05, 3.63) is 58.7 Å². The predicted octanol–water partition coefficient (Wildman–Crippen LogP) is 6.16. The topological polar surface area (TPSA) is 61.9 Å². The van der Waals surface area contributed by atoms with Crippen molar-refractivity contribution < 1.29 is 40.7 Å². The van der Waals surface area contributed by atoms with Gasteiger partial charge >= 0.3 is 12.4 Å². The first-order valence-electron chi connectivity index (χ1n) is 12.5. The summed E-state index contributed by atoms with van der Waals surface area (Å²) in [7, 11) is 4.73. The van der Waals surface area contributed by atoms with Gasteiger partial charge in [-0.3, -0.25) is 9.59 Å². The molecular weight excluding hydrogens is 540 g/mol. The Balaban J connectivity index is 2.49. The number of halogens is 6. The molecule has 0 saturated carbocycles. The number of anilines is 2. The maximum atomic E-state index is 13.6. The first-order valence-corrected chi connectivity index (χ1v) is 12.5. The summed E-state index contributed by atoms with van der Waals surface area (Å²) < 4.78 is 85.3. The summed E-state index contributed by atoms with van der Waals surface area (Å²) in [5.41, 5.74) is -1.50. The van der Waals surface area contributed by atoms with Crippen molar-refractivity contribution in [2.24, 2.45) is 11.8 Å². The Labute approximate surface area is 230 Å². The molecule has 0 aliphatic rings. The minimum Gasteiger partial charge on any atom is -0.383 e. The van der Waals surface area contributed by atoms with Gasteiger partial charge in [0.15, 0.2) is 0 Å². The van der Waals surface area contributed by atoms with E-state index in [1.807, 2.05) is 39.0 Å². The summed E-state index contributed by atoms with van der Waals surface area (Å²) in [5.74, 6) is -3.45. The van der Waals surface area contributed by atoms with Crippen LogP contribution in [-0.4, -0.2) is 57.1 Å². The summed E-state index contributed by atoms with van der Waals surface area (Å²) in [6.45, 7) is 7.25. The Morgan fingerprint density at radius 1 is 0.925 bits per heavy atom. The maximum absolute atomic E-state index is 13.6. The Morgan fingerprint density at radius 3 is 1.88 bits per heavy atom. The molecular formula is C28H35F6N3O3. The monoisotopic (exact) mass is 575 g/mol.